The molecular formula is C24H21ClN2. The summed E-state index contributed by atoms with van der Waals surface area (Å²) in [6.45, 7) is 0. The van der Waals surface area contributed by atoms with Crippen molar-refractivity contribution < 1.29 is 0 Å². The maximum absolute atomic E-state index is 6.19. The molecule has 5 rings (SSSR count). The van der Waals surface area contributed by atoms with E-state index in [1.807, 2.05) is 0 Å². The fraction of sp³-hybridized carbons (Fsp3) is 0.250. The van der Waals surface area contributed by atoms with Crippen molar-refractivity contribution in [2.75, 3.05) is 0 Å². The molecule has 0 amide bonds. The molecule has 134 valence electrons. The Bertz CT molecular complexity index is 1140. The molecule has 0 unspecified atom stereocenters. The van der Waals surface area contributed by atoms with Crippen LogP contribution < -0.4 is 10.6 Å². The summed E-state index contributed by atoms with van der Waals surface area (Å²) in [6.07, 6.45) is 17.7. The lowest BCUT2D eigenvalue weighted by molar-refractivity contribution is 0.885. The van der Waals surface area contributed by atoms with Gasteiger partial charge in [0.1, 0.15) is 0 Å². The number of fused-ring (bicyclic) bond motifs is 2. The highest BCUT2D eigenvalue weighted by Crippen LogP contribution is 2.34. The van der Waals surface area contributed by atoms with Gasteiger partial charge in [-0.3, -0.25) is 0 Å². The Hall–Kier alpha value is -2.45. The van der Waals surface area contributed by atoms with Crippen molar-refractivity contribution in [2.24, 2.45) is 0 Å². The van der Waals surface area contributed by atoms with E-state index in [-0.39, 0.29) is 0 Å². The third kappa shape index (κ3) is 3.19. The third-order valence-corrected chi connectivity index (χ3v) is 5.88. The van der Waals surface area contributed by atoms with Crippen molar-refractivity contribution in [3.63, 3.8) is 0 Å². The van der Waals surface area contributed by atoms with Crippen LogP contribution in [-0.2, 0) is 6.42 Å². The van der Waals surface area contributed by atoms with E-state index in [2.05, 4.69) is 64.6 Å². The molecule has 0 spiro atoms. The molecule has 0 atom stereocenters. The zero-order valence-electron chi connectivity index (χ0n) is 15.2. The first-order chi connectivity index (χ1) is 13.3. The summed E-state index contributed by atoms with van der Waals surface area (Å²) in [7, 11) is 0. The van der Waals surface area contributed by atoms with Gasteiger partial charge in [-0.2, -0.15) is 0 Å². The van der Waals surface area contributed by atoms with Crippen LogP contribution in [0.15, 0.2) is 47.6 Å². The summed E-state index contributed by atoms with van der Waals surface area (Å²) < 4.78 is 0. The number of aromatic nitrogens is 2. The summed E-state index contributed by atoms with van der Waals surface area (Å²) in [4.78, 5) is 8.96. The fourth-order valence-electron chi connectivity index (χ4n) is 4.30. The lowest BCUT2D eigenvalue weighted by Crippen LogP contribution is -2.34. The van der Waals surface area contributed by atoms with Gasteiger partial charge in [-0.1, -0.05) is 54.6 Å². The quantitative estimate of drug-likeness (QED) is 0.719. The normalized spacial score (nSPS) is 18.2. The summed E-state index contributed by atoms with van der Waals surface area (Å²) in [5.41, 5.74) is 8.05. The maximum Gasteiger partial charge on any atom is 0.223 e. The van der Waals surface area contributed by atoms with Gasteiger partial charge < -0.3 is 0 Å². The zero-order chi connectivity index (χ0) is 18.2. The summed E-state index contributed by atoms with van der Waals surface area (Å²) in [6, 6.07) is 8.72. The molecular weight excluding hydrogens is 352 g/mol. The van der Waals surface area contributed by atoms with Crippen LogP contribution in [0.25, 0.3) is 23.8 Å². The van der Waals surface area contributed by atoms with Gasteiger partial charge in [0, 0.05) is 5.22 Å². The number of aryl methyl sites for hydroxylation is 1. The van der Waals surface area contributed by atoms with Crippen LogP contribution in [0.1, 0.15) is 48.9 Å². The molecule has 3 heteroatoms. The second kappa shape index (κ2) is 6.94. The number of halogens is 1. The van der Waals surface area contributed by atoms with Crippen molar-refractivity contribution in [3.8, 4) is 0 Å². The number of hydrogen-bond donors (Lipinski definition) is 0. The Morgan fingerprint density at radius 3 is 2.44 bits per heavy atom. The zero-order valence-corrected chi connectivity index (χ0v) is 16.0. The van der Waals surface area contributed by atoms with E-state index in [0.29, 0.717) is 5.28 Å². The van der Waals surface area contributed by atoms with Gasteiger partial charge in [-0.15, -0.1) is 0 Å². The molecule has 0 fully saturated rings. The lowest BCUT2D eigenvalue weighted by atomic mass is 9.84. The number of rotatable bonds is 2. The van der Waals surface area contributed by atoms with Crippen LogP contribution in [0.3, 0.4) is 0 Å². The van der Waals surface area contributed by atoms with E-state index in [0.717, 1.165) is 54.8 Å². The number of benzene rings is 1. The van der Waals surface area contributed by atoms with Crippen molar-refractivity contribution >= 4 is 35.4 Å². The van der Waals surface area contributed by atoms with E-state index in [1.54, 1.807) is 0 Å². The molecule has 1 heterocycles. The lowest BCUT2D eigenvalue weighted by Gasteiger charge is -2.21. The third-order valence-electron chi connectivity index (χ3n) is 5.72. The Morgan fingerprint density at radius 1 is 0.778 bits per heavy atom. The predicted octanol–water partition coefficient (Wildman–Crippen LogP) is 4.62. The first-order valence-electron chi connectivity index (χ1n) is 9.71. The summed E-state index contributed by atoms with van der Waals surface area (Å²) in [5.74, 6) is 0. The average molecular weight is 373 g/mol. The van der Waals surface area contributed by atoms with E-state index < -0.39 is 0 Å². The minimum Gasteiger partial charge on any atom is -0.218 e. The molecule has 27 heavy (non-hydrogen) atoms. The first-order valence-corrected chi connectivity index (χ1v) is 10.1. The average Bonchev–Trinajstić information content (AvgIpc) is 2.73. The van der Waals surface area contributed by atoms with Crippen LogP contribution in [-0.4, -0.2) is 9.97 Å². The van der Waals surface area contributed by atoms with Gasteiger partial charge in [-0.05, 0) is 78.0 Å². The van der Waals surface area contributed by atoms with Gasteiger partial charge in [0.25, 0.3) is 0 Å². The van der Waals surface area contributed by atoms with Crippen LogP contribution in [0.2, 0.25) is 5.28 Å². The smallest absolute Gasteiger partial charge is 0.218 e. The Morgan fingerprint density at radius 2 is 1.56 bits per heavy atom. The molecule has 0 radical (unpaired) electrons. The van der Waals surface area contributed by atoms with Gasteiger partial charge >= 0.3 is 0 Å². The topological polar surface area (TPSA) is 25.8 Å². The van der Waals surface area contributed by atoms with Crippen LogP contribution >= 0.6 is 11.6 Å². The van der Waals surface area contributed by atoms with Gasteiger partial charge in [0.05, 0.1) is 11.0 Å². The van der Waals surface area contributed by atoms with E-state index in [4.69, 9.17) is 11.6 Å². The second-order valence-corrected chi connectivity index (χ2v) is 7.72. The molecule has 1 aromatic heterocycles. The monoisotopic (exact) mass is 372 g/mol. The molecule has 2 nitrogen and oxygen atoms in total. The van der Waals surface area contributed by atoms with Crippen molar-refractivity contribution in [2.45, 2.75) is 38.5 Å². The molecule has 3 aliphatic rings. The minimum absolute atomic E-state index is 0.345. The number of nitrogens with zero attached hydrogens (tertiary/aromatic N) is 2. The first kappa shape index (κ1) is 16.7. The molecule has 2 aromatic rings. The largest absolute Gasteiger partial charge is 0.223 e. The van der Waals surface area contributed by atoms with Gasteiger partial charge in [0.15, 0.2) is 0 Å². The molecule has 0 bridgehead atoms. The van der Waals surface area contributed by atoms with E-state index in [1.165, 1.54) is 27.8 Å². The molecule has 3 aliphatic carbocycles. The number of hydrogen-bond acceptors (Lipinski definition) is 2. The van der Waals surface area contributed by atoms with Crippen LogP contribution in [0.5, 0.6) is 0 Å². The van der Waals surface area contributed by atoms with Crippen molar-refractivity contribution in [3.05, 3.63) is 80.2 Å². The van der Waals surface area contributed by atoms with Gasteiger partial charge in [0.2, 0.25) is 5.28 Å². The van der Waals surface area contributed by atoms with Crippen molar-refractivity contribution in [1.29, 1.82) is 0 Å². The molecule has 0 N–H and O–H groups in total. The highest BCUT2D eigenvalue weighted by molar-refractivity contribution is 6.28. The highest BCUT2D eigenvalue weighted by Gasteiger charge is 2.18. The molecule has 0 saturated carbocycles. The Labute approximate surface area is 164 Å². The summed E-state index contributed by atoms with van der Waals surface area (Å²) >= 11 is 6.19. The summed E-state index contributed by atoms with van der Waals surface area (Å²) in [5, 5.41) is 2.48. The highest BCUT2D eigenvalue weighted by atomic mass is 35.5. The Kier molecular flexibility index (Phi) is 4.29. The standard InChI is InChI=1S/C24H21ClN2/c25-24-26-22-8-4-3-7-21(22)23(27-24)18-12-9-17(10-13-18)20-14-11-16-5-1-2-6-19(16)15-20/h1-2,5-9,12,15H,3-4,10-11,13-14H2. The van der Waals surface area contributed by atoms with E-state index >= 15 is 0 Å². The predicted molar refractivity (Wildman–Crippen MR) is 112 cm³/mol. The van der Waals surface area contributed by atoms with Gasteiger partial charge in [-0.25, -0.2) is 9.97 Å². The van der Waals surface area contributed by atoms with Crippen LogP contribution in [0.4, 0.5) is 0 Å². The fourth-order valence-corrected chi connectivity index (χ4v) is 4.47. The van der Waals surface area contributed by atoms with E-state index in [9.17, 15) is 0 Å². The maximum atomic E-state index is 6.19. The SMILES string of the molecule is Clc1nc(C2=CC=C(C3=Cc4ccccc4CC3)CC2)c2c(n1)=CCCC=2. The Balaban J connectivity index is 1.52. The molecule has 0 aliphatic heterocycles. The second-order valence-electron chi connectivity index (χ2n) is 7.38. The van der Waals surface area contributed by atoms with Crippen LogP contribution in [0, 0.1) is 0 Å². The molecule has 0 saturated heterocycles. The molecule has 1 aromatic carbocycles. The number of allylic oxidation sites excluding steroid dienone is 5. The minimum atomic E-state index is 0.345. The van der Waals surface area contributed by atoms with Crippen molar-refractivity contribution in [1.82, 2.24) is 9.97 Å².